The topological polar surface area (TPSA) is 38.9 Å². The number of hydrogen-bond acceptors (Lipinski definition) is 3. The lowest BCUT2D eigenvalue weighted by Crippen LogP contribution is -2.22. The average Bonchev–Trinajstić information content (AvgIpc) is 3.79. The average molecular weight is 729 g/mol. The van der Waals surface area contributed by atoms with Gasteiger partial charge in [0.25, 0.3) is 0 Å². The lowest BCUT2D eigenvalue weighted by Gasteiger charge is -2.28. The zero-order valence-electron chi connectivity index (χ0n) is 31.4. The molecule has 0 bridgehead atoms. The summed E-state index contributed by atoms with van der Waals surface area (Å²) in [6, 6.07) is 71.0. The van der Waals surface area contributed by atoms with E-state index in [1.807, 2.05) is 30.3 Å². The molecule has 0 aliphatic heterocycles. The van der Waals surface area contributed by atoms with E-state index in [1.165, 1.54) is 33.4 Å². The van der Waals surface area contributed by atoms with E-state index in [0.29, 0.717) is 5.82 Å². The van der Waals surface area contributed by atoms with Crippen LogP contribution in [0.25, 0.3) is 89.2 Å². The second kappa shape index (κ2) is 13.1. The normalized spacial score (nSPS) is 14.5. The molecule has 0 amide bonds. The number of para-hydroxylation sites is 1. The molecule has 2 heterocycles. The maximum atomic E-state index is 6.20. The Morgan fingerprint density at radius 2 is 0.947 bits per heavy atom. The van der Waals surface area contributed by atoms with Crippen LogP contribution >= 0.6 is 0 Å². The highest BCUT2D eigenvalue weighted by Crippen LogP contribution is 2.55. The number of hydrogen-bond donors (Lipinski definition) is 0. The molecule has 2 aromatic heterocycles. The van der Waals surface area contributed by atoms with E-state index in [4.69, 9.17) is 14.4 Å². The van der Waals surface area contributed by atoms with E-state index in [-0.39, 0.29) is 5.41 Å². The Balaban J connectivity index is 1.12. The fourth-order valence-corrected chi connectivity index (χ4v) is 9.08. The van der Waals surface area contributed by atoms with E-state index in [0.717, 1.165) is 66.7 Å². The largest absolute Gasteiger partial charge is 0.456 e. The van der Waals surface area contributed by atoms with Crippen molar-refractivity contribution < 1.29 is 4.42 Å². The van der Waals surface area contributed by atoms with Gasteiger partial charge in [-0.3, -0.25) is 0 Å². The van der Waals surface area contributed by atoms with E-state index >= 15 is 0 Å². The molecule has 268 valence electrons. The summed E-state index contributed by atoms with van der Waals surface area (Å²) < 4.78 is 6.20. The van der Waals surface area contributed by atoms with E-state index in [9.17, 15) is 0 Å². The maximum absolute atomic E-state index is 6.20. The summed E-state index contributed by atoms with van der Waals surface area (Å²) >= 11 is 0. The summed E-state index contributed by atoms with van der Waals surface area (Å²) in [6.45, 7) is 2.37. The third-order valence-electron chi connectivity index (χ3n) is 11.8. The highest BCUT2D eigenvalue weighted by molar-refractivity contribution is 6.07. The van der Waals surface area contributed by atoms with Gasteiger partial charge in [0.05, 0.1) is 11.4 Å². The molecule has 1 aliphatic rings. The first-order valence-electron chi connectivity index (χ1n) is 19.5. The Kier molecular flexibility index (Phi) is 7.61. The Morgan fingerprint density at radius 3 is 1.72 bits per heavy atom. The second-order valence-corrected chi connectivity index (χ2v) is 15.0. The molecular formula is C54H36N2O. The number of rotatable bonds is 6. The minimum Gasteiger partial charge on any atom is -0.456 e. The molecule has 1 aliphatic carbocycles. The second-order valence-electron chi connectivity index (χ2n) is 15.0. The quantitative estimate of drug-likeness (QED) is 0.171. The molecular weight excluding hydrogens is 693 g/mol. The Morgan fingerprint density at radius 1 is 0.386 bits per heavy atom. The summed E-state index contributed by atoms with van der Waals surface area (Å²) in [5.74, 6) is 0.685. The van der Waals surface area contributed by atoms with Crippen molar-refractivity contribution in [1.29, 1.82) is 0 Å². The molecule has 0 fully saturated rings. The Bertz CT molecular complexity index is 3140. The van der Waals surface area contributed by atoms with Crippen molar-refractivity contribution in [2.75, 3.05) is 0 Å². The van der Waals surface area contributed by atoms with Gasteiger partial charge in [-0.15, -0.1) is 0 Å². The first-order chi connectivity index (χ1) is 28.1. The number of furan rings is 1. The third-order valence-corrected chi connectivity index (χ3v) is 11.8. The SMILES string of the molecule is CC1(c2ccccc2)c2ccccc2-c2c(-c3ccccc3-c3cc(-c4ccccc4-c4ccc5oc6ccccc6c5c4)nc(-c4ccccc4)n3)cccc21. The van der Waals surface area contributed by atoms with E-state index in [1.54, 1.807) is 0 Å². The lowest BCUT2D eigenvalue weighted by atomic mass is 9.74. The Hall–Kier alpha value is -7.36. The molecule has 0 saturated carbocycles. The standard InChI is InChI=1S/C54H36N2O/c1-54(37-19-6-3-7-20-37)46-28-14-12-26-44(46)52-43(27-16-29-47(52)54)39-22-9-11-24-41(39)49-34-48(55-53(56-49)35-17-4-2-5-18-35)40-23-10-8-21-38(40)36-31-32-51-45(33-36)42-25-13-15-30-50(42)57-51/h2-34H,1H3. The van der Waals surface area contributed by atoms with Gasteiger partial charge in [-0.25, -0.2) is 9.97 Å². The van der Waals surface area contributed by atoms with Crippen molar-refractivity contribution in [3.63, 3.8) is 0 Å². The molecule has 8 aromatic carbocycles. The lowest BCUT2D eigenvalue weighted by molar-refractivity contribution is 0.669. The minimum absolute atomic E-state index is 0.295. The summed E-state index contributed by atoms with van der Waals surface area (Å²) in [7, 11) is 0. The van der Waals surface area contributed by atoms with Crippen LogP contribution in [0.2, 0.25) is 0 Å². The van der Waals surface area contributed by atoms with Crippen LogP contribution in [0.1, 0.15) is 23.6 Å². The van der Waals surface area contributed by atoms with E-state index in [2.05, 4.69) is 177 Å². The molecule has 1 unspecified atom stereocenters. The monoisotopic (exact) mass is 728 g/mol. The van der Waals surface area contributed by atoms with Gasteiger partial charge in [-0.05, 0) is 81.3 Å². The molecule has 0 N–H and O–H groups in total. The third kappa shape index (κ3) is 5.27. The van der Waals surface area contributed by atoms with Gasteiger partial charge >= 0.3 is 0 Å². The number of aromatic nitrogens is 2. The van der Waals surface area contributed by atoms with Gasteiger partial charge in [0, 0.05) is 32.9 Å². The highest BCUT2D eigenvalue weighted by Gasteiger charge is 2.41. The van der Waals surface area contributed by atoms with Crippen molar-refractivity contribution in [3.05, 3.63) is 217 Å². The zero-order chi connectivity index (χ0) is 37.9. The molecule has 0 radical (unpaired) electrons. The van der Waals surface area contributed by atoms with Crippen LogP contribution in [0.3, 0.4) is 0 Å². The summed E-state index contributed by atoms with van der Waals surface area (Å²) in [4.78, 5) is 10.6. The van der Waals surface area contributed by atoms with Crippen molar-refractivity contribution in [2.45, 2.75) is 12.3 Å². The van der Waals surface area contributed by atoms with Gasteiger partial charge in [0.15, 0.2) is 5.82 Å². The highest BCUT2D eigenvalue weighted by atomic mass is 16.3. The molecule has 0 saturated heterocycles. The minimum atomic E-state index is -0.295. The molecule has 57 heavy (non-hydrogen) atoms. The predicted octanol–water partition coefficient (Wildman–Crippen LogP) is 14.0. The fourth-order valence-electron chi connectivity index (χ4n) is 9.08. The van der Waals surface area contributed by atoms with Crippen LogP contribution in [-0.4, -0.2) is 9.97 Å². The number of fused-ring (bicyclic) bond motifs is 6. The van der Waals surface area contributed by atoms with Crippen LogP contribution in [0.4, 0.5) is 0 Å². The van der Waals surface area contributed by atoms with Crippen LogP contribution in [0, 0.1) is 0 Å². The number of nitrogens with zero attached hydrogens (tertiary/aromatic N) is 2. The van der Waals surface area contributed by atoms with Gasteiger partial charge in [0.1, 0.15) is 11.2 Å². The van der Waals surface area contributed by atoms with Crippen LogP contribution < -0.4 is 0 Å². The van der Waals surface area contributed by atoms with Gasteiger partial charge in [-0.2, -0.15) is 0 Å². The first kappa shape index (κ1) is 33.0. The van der Waals surface area contributed by atoms with Crippen molar-refractivity contribution in [1.82, 2.24) is 9.97 Å². The van der Waals surface area contributed by atoms with Crippen molar-refractivity contribution >= 4 is 21.9 Å². The summed E-state index contributed by atoms with van der Waals surface area (Å²) in [6.07, 6.45) is 0. The van der Waals surface area contributed by atoms with Gasteiger partial charge in [0.2, 0.25) is 0 Å². The van der Waals surface area contributed by atoms with Crippen LogP contribution in [0.15, 0.2) is 205 Å². The summed E-state index contributed by atoms with van der Waals surface area (Å²) in [5, 5.41) is 2.21. The van der Waals surface area contributed by atoms with Gasteiger partial charge < -0.3 is 4.42 Å². The molecule has 1 atom stereocenters. The smallest absolute Gasteiger partial charge is 0.160 e. The molecule has 0 spiro atoms. The maximum Gasteiger partial charge on any atom is 0.160 e. The number of benzene rings is 8. The molecule has 10 aromatic rings. The van der Waals surface area contributed by atoms with E-state index < -0.39 is 0 Å². The Labute approximate surface area is 331 Å². The van der Waals surface area contributed by atoms with Crippen LogP contribution in [-0.2, 0) is 5.41 Å². The predicted molar refractivity (Wildman–Crippen MR) is 234 cm³/mol. The van der Waals surface area contributed by atoms with Crippen molar-refractivity contribution in [2.24, 2.45) is 0 Å². The molecule has 3 nitrogen and oxygen atoms in total. The molecule has 3 heteroatoms. The zero-order valence-corrected chi connectivity index (χ0v) is 31.4. The molecule has 11 rings (SSSR count). The fraction of sp³-hybridized carbons (Fsp3) is 0.0370. The van der Waals surface area contributed by atoms with Crippen molar-refractivity contribution in [3.8, 4) is 67.3 Å². The van der Waals surface area contributed by atoms with Gasteiger partial charge in [-0.1, -0.05) is 176 Å². The summed E-state index contributed by atoms with van der Waals surface area (Å²) in [5.41, 5.74) is 17.3. The van der Waals surface area contributed by atoms with Crippen LogP contribution in [0.5, 0.6) is 0 Å². The first-order valence-corrected chi connectivity index (χ1v) is 19.5.